The lowest BCUT2D eigenvalue weighted by molar-refractivity contribution is 0.0525. The molecule has 1 aromatic heterocycles. The Balaban J connectivity index is 2.96. The van der Waals surface area contributed by atoms with Crippen LogP contribution in [-0.2, 0) is 14.6 Å². The van der Waals surface area contributed by atoms with E-state index < -0.39 is 15.8 Å². The lowest BCUT2D eigenvalue weighted by atomic mass is 10.3. The van der Waals surface area contributed by atoms with Crippen molar-refractivity contribution in [2.24, 2.45) is 0 Å². The van der Waals surface area contributed by atoms with Gasteiger partial charge >= 0.3 is 5.97 Å². The third kappa shape index (κ3) is 2.75. The molecule has 0 radical (unpaired) electrons. The molecule has 7 heteroatoms. The van der Waals surface area contributed by atoms with Gasteiger partial charge in [0.05, 0.1) is 17.9 Å². The monoisotopic (exact) mass is 244 g/mol. The SMILES string of the molecule is CCOC(=O)c1cnc(S(=O)(=O)CC)nc1. The molecule has 0 atom stereocenters. The fraction of sp³-hybridized carbons (Fsp3) is 0.444. The van der Waals surface area contributed by atoms with Crippen LogP contribution in [0.4, 0.5) is 0 Å². The summed E-state index contributed by atoms with van der Waals surface area (Å²) in [5.74, 6) is -0.644. The number of hydrogen-bond acceptors (Lipinski definition) is 6. The number of aromatic nitrogens is 2. The molecule has 0 bridgehead atoms. The maximum absolute atomic E-state index is 11.4. The van der Waals surface area contributed by atoms with Crippen LogP contribution < -0.4 is 0 Å². The second kappa shape index (κ2) is 5.02. The molecule has 1 rings (SSSR count). The lowest BCUT2D eigenvalue weighted by Crippen LogP contribution is -2.11. The molecule has 88 valence electrons. The van der Waals surface area contributed by atoms with E-state index in [1.165, 1.54) is 6.92 Å². The summed E-state index contributed by atoms with van der Waals surface area (Å²) in [5, 5.41) is -0.275. The van der Waals surface area contributed by atoms with Crippen molar-refractivity contribution in [3.63, 3.8) is 0 Å². The molecule has 6 nitrogen and oxygen atoms in total. The summed E-state index contributed by atoms with van der Waals surface area (Å²) in [5.41, 5.74) is 0.136. The van der Waals surface area contributed by atoms with Crippen LogP contribution in [0.15, 0.2) is 17.6 Å². The van der Waals surface area contributed by atoms with Gasteiger partial charge in [0, 0.05) is 12.4 Å². The van der Waals surface area contributed by atoms with Gasteiger partial charge in [-0.05, 0) is 6.92 Å². The largest absolute Gasteiger partial charge is 0.462 e. The van der Waals surface area contributed by atoms with Crippen LogP contribution in [0.1, 0.15) is 24.2 Å². The normalized spacial score (nSPS) is 11.1. The summed E-state index contributed by atoms with van der Waals surface area (Å²) in [4.78, 5) is 18.5. The Labute approximate surface area is 93.6 Å². The van der Waals surface area contributed by atoms with Gasteiger partial charge in [-0.15, -0.1) is 0 Å². The van der Waals surface area contributed by atoms with E-state index in [-0.39, 0.29) is 23.1 Å². The van der Waals surface area contributed by atoms with Gasteiger partial charge in [0.2, 0.25) is 15.0 Å². The van der Waals surface area contributed by atoms with Gasteiger partial charge in [-0.25, -0.2) is 23.2 Å². The predicted octanol–water partition coefficient (Wildman–Crippen LogP) is 0.447. The highest BCUT2D eigenvalue weighted by molar-refractivity contribution is 7.91. The molecule has 0 spiro atoms. The van der Waals surface area contributed by atoms with E-state index in [1.54, 1.807) is 6.92 Å². The van der Waals surface area contributed by atoms with E-state index in [9.17, 15) is 13.2 Å². The third-order valence-electron chi connectivity index (χ3n) is 1.80. The average Bonchev–Trinajstić information content (AvgIpc) is 2.29. The average molecular weight is 244 g/mol. The van der Waals surface area contributed by atoms with Crippen molar-refractivity contribution in [3.05, 3.63) is 18.0 Å². The van der Waals surface area contributed by atoms with Crippen molar-refractivity contribution in [2.75, 3.05) is 12.4 Å². The number of esters is 1. The smallest absolute Gasteiger partial charge is 0.341 e. The van der Waals surface area contributed by atoms with Crippen LogP contribution in [0, 0.1) is 0 Å². The summed E-state index contributed by atoms with van der Waals surface area (Å²) in [6.45, 7) is 3.42. The van der Waals surface area contributed by atoms with Crippen LogP contribution in [0.2, 0.25) is 0 Å². The summed E-state index contributed by atoms with van der Waals surface area (Å²) in [7, 11) is -3.43. The van der Waals surface area contributed by atoms with Gasteiger partial charge in [0.1, 0.15) is 0 Å². The van der Waals surface area contributed by atoms with E-state index in [2.05, 4.69) is 9.97 Å². The standard InChI is InChI=1S/C9H12N2O4S/c1-3-15-8(12)7-5-10-9(11-6-7)16(13,14)4-2/h5-6H,3-4H2,1-2H3. The molecule has 0 aliphatic carbocycles. The molecule has 0 aromatic carbocycles. The first-order chi connectivity index (χ1) is 7.51. The number of ether oxygens (including phenoxy) is 1. The van der Waals surface area contributed by atoms with Crippen molar-refractivity contribution >= 4 is 15.8 Å². The second-order valence-corrected chi connectivity index (χ2v) is 5.05. The molecule has 0 unspecified atom stereocenters. The van der Waals surface area contributed by atoms with E-state index in [0.717, 1.165) is 12.4 Å². The van der Waals surface area contributed by atoms with Gasteiger partial charge in [-0.3, -0.25) is 0 Å². The molecule has 0 saturated heterocycles. The maximum Gasteiger partial charge on any atom is 0.341 e. The van der Waals surface area contributed by atoms with E-state index >= 15 is 0 Å². The molecular formula is C9H12N2O4S. The number of hydrogen-bond donors (Lipinski definition) is 0. The van der Waals surface area contributed by atoms with Gasteiger partial charge < -0.3 is 4.74 Å². The van der Waals surface area contributed by atoms with Crippen molar-refractivity contribution < 1.29 is 17.9 Å². The van der Waals surface area contributed by atoms with Gasteiger partial charge in [0.15, 0.2) is 0 Å². The zero-order valence-electron chi connectivity index (χ0n) is 9.00. The van der Waals surface area contributed by atoms with Crippen LogP contribution in [0.3, 0.4) is 0 Å². The fourth-order valence-corrected chi connectivity index (χ4v) is 1.61. The van der Waals surface area contributed by atoms with Crippen LogP contribution in [-0.4, -0.2) is 36.7 Å². The highest BCUT2D eigenvalue weighted by Crippen LogP contribution is 2.05. The Morgan fingerprint density at radius 2 is 1.88 bits per heavy atom. The molecule has 1 heterocycles. The minimum Gasteiger partial charge on any atom is -0.462 e. The van der Waals surface area contributed by atoms with Crippen molar-refractivity contribution in [2.45, 2.75) is 19.0 Å². The predicted molar refractivity (Wildman–Crippen MR) is 55.7 cm³/mol. The van der Waals surface area contributed by atoms with Crippen molar-refractivity contribution in [1.82, 2.24) is 9.97 Å². The molecule has 0 amide bonds. The lowest BCUT2D eigenvalue weighted by Gasteiger charge is -2.02. The second-order valence-electron chi connectivity index (χ2n) is 2.88. The first-order valence-corrected chi connectivity index (χ1v) is 6.38. The third-order valence-corrected chi connectivity index (χ3v) is 3.32. The highest BCUT2D eigenvalue weighted by atomic mass is 32.2. The Kier molecular flexibility index (Phi) is 3.94. The summed E-state index contributed by atoms with van der Waals surface area (Å²) in [6, 6.07) is 0. The quantitative estimate of drug-likeness (QED) is 0.564. The number of nitrogens with zero attached hydrogens (tertiary/aromatic N) is 2. The van der Waals surface area contributed by atoms with Crippen LogP contribution in [0.5, 0.6) is 0 Å². The molecule has 0 aliphatic heterocycles. The van der Waals surface area contributed by atoms with E-state index in [0.29, 0.717) is 0 Å². The van der Waals surface area contributed by atoms with E-state index in [4.69, 9.17) is 4.74 Å². The topological polar surface area (TPSA) is 86.2 Å². The summed E-state index contributed by atoms with van der Waals surface area (Å²) >= 11 is 0. The number of rotatable bonds is 4. The zero-order chi connectivity index (χ0) is 12.2. The molecule has 1 aromatic rings. The first-order valence-electron chi connectivity index (χ1n) is 4.73. The Morgan fingerprint density at radius 1 is 1.31 bits per heavy atom. The van der Waals surface area contributed by atoms with Gasteiger partial charge in [-0.2, -0.15) is 0 Å². The Bertz CT molecular complexity index is 467. The van der Waals surface area contributed by atoms with Gasteiger partial charge in [-0.1, -0.05) is 6.92 Å². The fourth-order valence-electron chi connectivity index (χ4n) is 0.926. The zero-order valence-corrected chi connectivity index (χ0v) is 9.82. The first kappa shape index (κ1) is 12.6. The van der Waals surface area contributed by atoms with Crippen LogP contribution in [0.25, 0.3) is 0 Å². The Morgan fingerprint density at radius 3 is 2.31 bits per heavy atom. The number of carbonyl (C=O) groups is 1. The van der Waals surface area contributed by atoms with Crippen molar-refractivity contribution in [3.8, 4) is 0 Å². The summed E-state index contributed by atoms with van der Waals surface area (Å²) < 4.78 is 27.4. The summed E-state index contributed by atoms with van der Waals surface area (Å²) in [6.07, 6.45) is 2.29. The van der Waals surface area contributed by atoms with Gasteiger partial charge in [0.25, 0.3) is 0 Å². The molecular weight excluding hydrogens is 232 g/mol. The molecule has 0 fully saturated rings. The van der Waals surface area contributed by atoms with Crippen molar-refractivity contribution in [1.29, 1.82) is 0 Å². The highest BCUT2D eigenvalue weighted by Gasteiger charge is 2.16. The minimum atomic E-state index is -3.43. The van der Waals surface area contributed by atoms with Crippen LogP contribution >= 0.6 is 0 Å². The molecule has 0 saturated carbocycles. The Hall–Kier alpha value is -1.50. The molecule has 0 N–H and O–H groups in total. The minimum absolute atomic E-state index is 0.0776. The molecule has 16 heavy (non-hydrogen) atoms. The maximum atomic E-state index is 11.4. The number of carbonyl (C=O) groups excluding carboxylic acids is 1. The number of sulfone groups is 1. The van der Waals surface area contributed by atoms with E-state index in [1.807, 2.05) is 0 Å². The molecule has 0 aliphatic rings.